The minimum atomic E-state index is -3.58. The largest absolute Gasteiger partial charge is 0.302 e. The second-order valence-corrected chi connectivity index (χ2v) is 7.60. The zero-order valence-electron chi connectivity index (χ0n) is 13.8. The first-order valence-electron chi connectivity index (χ1n) is 8.02. The van der Waals surface area contributed by atoms with Gasteiger partial charge in [0.1, 0.15) is 5.65 Å². The van der Waals surface area contributed by atoms with Crippen LogP contribution in [-0.4, -0.2) is 17.8 Å². The van der Waals surface area contributed by atoms with Gasteiger partial charge in [-0.15, -0.1) is 0 Å². The summed E-state index contributed by atoms with van der Waals surface area (Å²) in [5.41, 5.74) is 2.69. The number of pyridine rings is 1. The average Bonchev–Trinajstić information content (AvgIpc) is 2.99. The molecule has 1 atom stereocenters. The van der Waals surface area contributed by atoms with Crippen LogP contribution in [0.3, 0.4) is 0 Å². The number of imidazole rings is 1. The Bertz CT molecular complexity index is 930. The van der Waals surface area contributed by atoms with Gasteiger partial charge in [0.15, 0.2) is 0 Å². The van der Waals surface area contributed by atoms with E-state index in [2.05, 4.69) is 9.71 Å². The second kappa shape index (κ2) is 6.75. The van der Waals surface area contributed by atoms with Crippen LogP contribution >= 0.6 is 0 Å². The summed E-state index contributed by atoms with van der Waals surface area (Å²) in [6.45, 7) is 3.97. The SMILES string of the molecule is CCC[C@@H](NS(=O)(=O)c1ccc(C)cc1)c1cnc2ccccn12. The number of sulfonamides is 1. The Morgan fingerprint density at radius 3 is 2.62 bits per heavy atom. The van der Waals surface area contributed by atoms with Crippen molar-refractivity contribution in [3.63, 3.8) is 0 Å². The predicted molar refractivity (Wildman–Crippen MR) is 94.3 cm³/mol. The Balaban J connectivity index is 1.95. The Morgan fingerprint density at radius 1 is 1.17 bits per heavy atom. The molecule has 126 valence electrons. The van der Waals surface area contributed by atoms with Gasteiger partial charge in [0.2, 0.25) is 10.0 Å². The van der Waals surface area contributed by atoms with Crippen molar-refractivity contribution in [2.75, 3.05) is 0 Å². The molecule has 0 aliphatic carbocycles. The van der Waals surface area contributed by atoms with Crippen LogP contribution in [0.2, 0.25) is 0 Å². The molecule has 0 aliphatic heterocycles. The van der Waals surface area contributed by atoms with Crippen molar-refractivity contribution in [3.05, 3.63) is 66.1 Å². The highest BCUT2D eigenvalue weighted by atomic mass is 32.2. The monoisotopic (exact) mass is 343 g/mol. The highest BCUT2D eigenvalue weighted by Crippen LogP contribution is 2.23. The van der Waals surface area contributed by atoms with Crippen LogP contribution in [0.1, 0.15) is 37.1 Å². The summed E-state index contributed by atoms with van der Waals surface area (Å²) < 4.78 is 30.2. The molecule has 0 unspecified atom stereocenters. The number of fused-ring (bicyclic) bond motifs is 1. The number of benzene rings is 1. The number of hydrogen-bond donors (Lipinski definition) is 1. The fraction of sp³-hybridized carbons (Fsp3) is 0.278. The van der Waals surface area contributed by atoms with Gasteiger partial charge in [0.25, 0.3) is 0 Å². The fourth-order valence-electron chi connectivity index (χ4n) is 2.74. The molecule has 0 bridgehead atoms. The lowest BCUT2D eigenvalue weighted by atomic mass is 10.1. The number of nitrogens with one attached hydrogen (secondary N) is 1. The third-order valence-corrected chi connectivity index (χ3v) is 5.50. The first kappa shape index (κ1) is 16.7. The van der Waals surface area contributed by atoms with E-state index in [-0.39, 0.29) is 10.9 Å². The van der Waals surface area contributed by atoms with Gasteiger partial charge in [-0.05, 0) is 37.6 Å². The van der Waals surface area contributed by atoms with Gasteiger partial charge < -0.3 is 4.40 Å². The molecule has 0 saturated heterocycles. The van der Waals surface area contributed by atoms with Crippen molar-refractivity contribution in [1.29, 1.82) is 0 Å². The van der Waals surface area contributed by atoms with Crippen molar-refractivity contribution in [3.8, 4) is 0 Å². The molecular formula is C18H21N3O2S. The molecule has 0 radical (unpaired) electrons. The van der Waals surface area contributed by atoms with Crippen molar-refractivity contribution in [2.45, 2.75) is 37.6 Å². The lowest BCUT2D eigenvalue weighted by Crippen LogP contribution is -2.29. The standard InChI is InChI=1S/C18H21N3O2S/c1-3-6-16(17-13-19-18-7-4-5-12-21(17)18)20-24(22,23)15-10-8-14(2)9-11-15/h4-5,7-13,16,20H,3,6H2,1-2H3/t16-/m1/s1. The third kappa shape index (κ3) is 3.34. The average molecular weight is 343 g/mol. The molecule has 2 heterocycles. The molecule has 0 aliphatic rings. The fourth-order valence-corrected chi connectivity index (χ4v) is 3.98. The third-order valence-electron chi connectivity index (χ3n) is 4.01. The van der Waals surface area contributed by atoms with E-state index in [0.717, 1.165) is 23.3 Å². The van der Waals surface area contributed by atoms with Crippen LogP contribution < -0.4 is 4.72 Å². The molecule has 2 aromatic heterocycles. The van der Waals surface area contributed by atoms with E-state index < -0.39 is 10.0 Å². The van der Waals surface area contributed by atoms with Crippen LogP contribution in [0.5, 0.6) is 0 Å². The van der Waals surface area contributed by atoms with Crippen molar-refractivity contribution >= 4 is 15.7 Å². The van der Waals surface area contributed by atoms with E-state index in [1.54, 1.807) is 30.5 Å². The van der Waals surface area contributed by atoms with Crippen LogP contribution in [0, 0.1) is 6.92 Å². The summed E-state index contributed by atoms with van der Waals surface area (Å²) >= 11 is 0. The van der Waals surface area contributed by atoms with E-state index in [1.165, 1.54) is 0 Å². The molecule has 24 heavy (non-hydrogen) atoms. The Kier molecular flexibility index (Phi) is 4.69. The van der Waals surface area contributed by atoms with Crippen LogP contribution in [-0.2, 0) is 10.0 Å². The van der Waals surface area contributed by atoms with E-state index in [4.69, 9.17) is 0 Å². The summed E-state index contributed by atoms with van der Waals surface area (Å²) in [6, 6.07) is 12.3. The van der Waals surface area contributed by atoms with Gasteiger partial charge in [-0.25, -0.2) is 18.1 Å². The van der Waals surface area contributed by atoms with Gasteiger partial charge in [-0.2, -0.15) is 0 Å². The molecule has 0 fully saturated rings. The topological polar surface area (TPSA) is 63.5 Å². The first-order chi connectivity index (χ1) is 11.5. The number of nitrogens with zero attached hydrogens (tertiary/aromatic N) is 2. The van der Waals surface area contributed by atoms with Gasteiger partial charge >= 0.3 is 0 Å². The number of hydrogen-bond acceptors (Lipinski definition) is 3. The molecule has 3 aromatic rings. The second-order valence-electron chi connectivity index (χ2n) is 5.89. The highest BCUT2D eigenvalue weighted by molar-refractivity contribution is 7.89. The van der Waals surface area contributed by atoms with Crippen molar-refractivity contribution < 1.29 is 8.42 Å². The normalized spacial score (nSPS) is 13.2. The lowest BCUT2D eigenvalue weighted by Gasteiger charge is -2.18. The first-order valence-corrected chi connectivity index (χ1v) is 9.50. The van der Waals surface area contributed by atoms with Crippen LogP contribution in [0.25, 0.3) is 5.65 Å². The van der Waals surface area contributed by atoms with E-state index in [9.17, 15) is 8.42 Å². The van der Waals surface area contributed by atoms with E-state index >= 15 is 0 Å². The maximum Gasteiger partial charge on any atom is 0.241 e. The van der Waals surface area contributed by atoms with Crippen molar-refractivity contribution in [1.82, 2.24) is 14.1 Å². The predicted octanol–water partition coefficient (Wildman–Crippen LogP) is 3.46. The molecule has 1 N–H and O–H groups in total. The summed E-state index contributed by atoms with van der Waals surface area (Å²) in [5.74, 6) is 0. The number of aryl methyl sites for hydroxylation is 1. The maximum absolute atomic E-state index is 12.7. The summed E-state index contributed by atoms with van der Waals surface area (Å²) in [4.78, 5) is 4.64. The number of aromatic nitrogens is 2. The summed E-state index contributed by atoms with van der Waals surface area (Å²) in [5, 5.41) is 0. The molecule has 3 rings (SSSR count). The van der Waals surface area contributed by atoms with E-state index in [0.29, 0.717) is 6.42 Å². The maximum atomic E-state index is 12.7. The zero-order valence-corrected chi connectivity index (χ0v) is 14.6. The van der Waals surface area contributed by atoms with Gasteiger partial charge in [-0.1, -0.05) is 37.1 Å². The molecule has 0 amide bonds. The van der Waals surface area contributed by atoms with Gasteiger partial charge in [0, 0.05) is 6.20 Å². The lowest BCUT2D eigenvalue weighted by molar-refractivity contribution is 0.527. The Morgan fingerprint density at radius 2 is 1.92 bits per heavy atom. The highest BCUT2D eigenvalue weighted by Gasteiger charge is 2.23. The van der Waals surface area contributed by atoms with Gasteiger partial charge in [-0.3, -0.25) is 0 Å². The van der Waals surface area contributed by atoms with Crippen molar-refractivity contribution in [2.24, 2.45) is 0 Å². The van der Waals surface area contributed by atoms with Gasteiger partial charge in [0.05, 0.1) is 22.8 Å². The quantitative estimate of drug-likeness (QED) is 0.745. The zero-order chi connectivity index (χ0) is 17.2. The number of rotatable bonds is 6. The molecular weight excluding hydrogens is 322 g/mol. The Hall–Kier alpha value is -2.18. The van der Waals surface area contributed by atoms with Crippen LogP contribution in [0.15, 0.2) is 59.8 Å². The van der Waals surface area contributed by atoms with E-state index in [1.807, 2.05) is 42.6 Å². The minimum absolute atomic E-state index is 0.281. The molecule has 0 spiro atoms. The molecule has 5 nitrogen and oxygen atoms in total. The summed E-state index contributed by atoms with van der Waals surface area (Å²) in [6.07, 6.45) is 5.21. The molecule has 1 aromatic carbocycles. The Labute approximate surface area is 142 Å². The molecule has 0 saturated carbocycles. The minimum Gasteiger partial charge on any atom is -0.302 e. The van der Waals surface area contributed by atoms with Crippen LogP contribution in [0.4, 0.5) is 0 Å². The molecule has 6 heteroatoms. The summed E-state index contributed by atoms with van der Waals surface area (Å²) in [7, 11) is -3.58. The smallest absolute Gasteiger partial charge is 0.241 e.